The largest absolute Gasteiger partial charge is 0.497 e. The summed E-state index contributed by atoms with van der Waals surface area (Å²) in [4.78, 5) is 0. The van der Waals surface area contributed by atoms with Gasteiger partial charge in [0.2, 0.25) is 0 Å². The molecule has 4 nitrogen and oxygen atoms in total. The SMILES string of the molecule is COc1ccc([C@@H]2[C@H]3CCc4ccccc4C3=NN2C(N)=S)cc1. The normalized spacial score (nSPS) is 21.7. The number of rotatable bonds is 2. The lowest BCUT2D eigenvalue weighted by Gasteiger charge is -2.29. The number of ether oxygens (including phenoxy) is 1. The minimum absolute atomic E-state index is 0.0526. The van der Waals surface area contributed by atoms with Crippen LogP contribution in [0.1, 0.15) is 29.2 Å². The van der Waals surface area contributed by atoms with Gasteiger partial charge in [0.15, 0.2) is 5.11 Å². The lowest BCUT2D eigenvalue weighted by Crippen LogP contribution is -2.35. The first kappa shape index (κ1) is 15.1. The molecule has 122 valence electrons. The lowest BCUT2D eigenvalue weighted by atomic mass is 9.77. The number of nitrogens with two attached hydrogens (primary N) is 1. The number of hydrazone groups is 1. The van der Waals surface area contributed by atoms with Gasteiger partial charge in [-0.3, -0.25) is 0 Å². The predicted octanol–water partition coefficient (Wildman–Crippen LogP) is 3.26. The fourth-order valence-electron chi connectivity index (χ4n) is 3.78. The fourth-order valence-corrected chi connectivity index (χ4v) is 3.94. The van der Waals surface area contributed by atoms with Crippen molar-refractivity contribution in [3.8, 4) is 5.75 Å². The van der Waals surface area contributed by atoms with E-state index in [1.807, 2.05) is 12.1 Å². The minimum atomic E-state index is 0.0526. The van der Waals surface area contributed by atoms with Gasteiger partial charge >= 0.3 is 0 Å². The summed E-state index contributed by atoms with van der Waals surface area (Å²) in [5, 5.41) is 6.92. The Hall–Kier alpha value is -2.40. The highest BCUT2D eigenvalue weighted by Crippen LogP contribution is 2.43. The van der Waals surface area contributed by atoms with E-state index in [4.69, 9.17) is 27.8 Å². The van der Waals surface area contributed by atoms with Crippen LogP contribution in [0.15, 0.2) is 53.6 Å². The number of methoxy groups -OCH3 is 1. The van der Waals surface area contributed by atoms with Crippen LogP contribution in [0.3, 0.4) is 0 Å². The summed E-state index contributed by atoms with van der Waals surface area (Å²) >= 11 is 5.27. The summed E-state index contributed by atoms with van der Waals surface area (Å²) in [5.74, 6) is 1.14. The second-order valence-electron chi connectivity index (χ2n) is 6.19. The third-order valence-electron chi connectivity index (χ3n) is 4.91. The molecule has 0 spiro atoms. The van der Waals surface area contributed by atoms with E-state index < -0.39 is 0 Å². The number of hydrogen-bond acceptors (Lipinski definition) is 3. The Bertz CT molecular complexity index is 816. The summed E-state index contributed by atoms with van der Waals surface area (Å²) in [7, 11) is 1.67. The van der Waals surface area contributed by atoms with Crippen molar-refractivity contribution in [1.29, 1.82) is 0 Å². The molecule has 1 aliphatic heterocycles. The molecule has 4 rings (SSSR count). The average Bonchev–Trinajstić information content (AvgIpc) is 3.02. The van der Waals surface area contributed by atoms with Crippen molar-refractivity contribution < 1.29 is 4.74 Å². The van der Waals surface area contributed by atoms with Crippen molar-refractivity contribution in [2.24, 2.45) is 16.8 Å². The summed E-state index contributed by atoms with van der Waals surface area (Å²) < 4.78 is 5.27. The highest BCUT2D eigenvalue weighted by Gasteiger charge is 2.42. The maximum Gasteiger partial charge on any atom is 0.187 e. The Morgan fingerprint density at radius 2 is 1.96 bits per heavy atom. The van der Waals surface area contributed by atoms with Crippen molar-refractivity contribution in [2.75, 3.05) is 7.11 Å². The van der Waals surface area contributed by atoms with E-state index in [0.717, 1.165) is 29.9 Å². The number of aryl methyl sites for hydroxylation is 1. The second-order valence-corrected chi connectivity index (χ2v) is 6.61. The predicted molar refractivity (Wildman–Crippen MR) is 99.1 cm³/mol. The van der Waals surface area contributed by atoms with Gasteiger partial charge in [0, 0.05) is 11.5 Å². The molecule has 2 N–H and O–H groups in total. The van der Waals surface area contributed by atoms with E-state index in [-0.39, 0.29) is 6.04 Å². The molecule has 0 bridgehead atoms. The third-order valence-corrected chi connectivity index (χ3v) is 5.10. The zero-order valence-electron chi connectivity index (χ0n) is 13.5. The van der Waals surface area contributed by atoms with E-state index in [1.165, 1.54) is 11.1 Å². The monoisotopic (exact) mass is 337 g/mol. The fraction of sp³-hybridized carbons (Fsp3) is 0.263. The molecule has 2 aliphatic rings. The summed E-state index contributed by atoms with van der Waals surface area (Å²) in [6.45, 7) is 0. The van der Waals surface area contributed by atoms with Gasteiger partial charge in [-0.25, -0.2) is 5.01 Å². The van der Waals surface area contributed by atoms with Gasteiger partial charge in [-0.15, -0.1) is 0 Å². The summed E-state index contributed by atoms with van der Waals surface area (Å²) in [6, 6.07) is 16.6. The molecule has 2 atom stereocenters. The van der Waals surface area contributed by atoms with Gasteiger partial charge < -0.3 is 10.5 Å². The van der Waals surface area contributed by atoms with Crippen molar-refractivity contribution >= 4 is 23.0 Å². The second kappa shape index (κ2) is 5.91. The van der Waals surface area contributed by atoms with Gasteiger partial charge in [-0.05, 0) is 48.3 Å². The first-order valence-electron chi connectivity index (χ1n) is 8.08. The Morgan fingerprint density at radius 1 is 1.21 bits per heavy atom. The summed E-state index contributed by atoms with van der Waals surface area (Å²) in [6.07, 6.45) is 2.10. The number of hydrogen-bond donors (Lipinski definition) is 1. The highest BCUT2D eigenvalue weighted by atomic mass is 32.1. The molecule has 0 fully saturated rings. The zero-order chi connectivity index (χ0) is 16.7. The first-order chi connectivity index (χ1) is 11.7. The number of fused-ring (bicyclic) bond motifs is 3. The third kappa shape index (κ3) is 2.36. The molecule has 0 amide bonds. The molecular weight excluding hydrogens is 318 g/mol. The lowest BCUT2D eigenvalue weighted by molar-refractivity contribution is 0.309. The summed E-state index contributed by atoms with van der Waals surface area (Å²) in [5.41, 5.74) is 10.8. The molecular formula is C19H19N3OS. The number of benzene rings is 2. The molecule has 1 aliphatic carbocycles. The van der Waals surface area contributed by atoms with Crippen molar-refractivity contribution in [2.45, 2.75) is 18.9 Å². The van der Waals surface area contributed by atoms with Crippen LogP contribution < -0.4 is 10.5 Å². The van der Waals surface area contributed by atoms with Crippen LogP contribution >= 0.6 is 12.2 Å². The zero-order valence-corrected chi connectivity index (χ0v) is 14.3. The highest BCUT2D eigenvalue weighted by molar-refractivity contribution is 7.80. The van der Waals surface area contributed by atoms with Crippen LogP contribution in [-0.2, 0) is 6.42 Å². The molecule has 0 radical (unpaired) electrons. The average molecular weight is 337 g/mol. The van der Waals surface area contributed by atoms with Crippen LogP contribution in [0.2, 0.25) is 0 Å². The topological polar surface area (TPSA) is 50.8 Å². The molecule has 5 heteroatoms. The van der Waals surface area contributed by atoms with Crippen LogP contribution in [-0.4, -0.2) is 22.9 Å². The van der Waals surface area contributed by atoms with Gasteiger partial charge in [-0.2, -0.15) is 5.10 Å². The van der Waals surface area contributed by atoms with Crippen LogP contribution in [0.25, 0.3) is 0 Å². The maximum atomic E-state index is 5.98. The first-order valence-corrected chi connectivity index (χ1v) is 8.49. The van der Waals surface area contributed by atoms with E-state index in [9.17, 15) is 0 Å². The van der Waals surface area contributed by atoms with Crippen molar-refractivity contribution in [1.82, 2.24) is 5.01 Å². The Labute approximate surface area is 146 Å². The van der Waals surface area contributed by atoms with E-state index in [0.29, 0.717) is 11.0 Å². The van der Waals surface area contributed by atoms with Crippen LogP contribution in [0, 0.1) is 5.92 Å². The van der Waals surface area contributed by atoms with Crippen LogP contribution in [0.5, 0.6) is 5.75 Å². The molecule has 0 saturated heterocycles. The van der Waals surface area contributed by atoms with Crippen molar-refractivity contribution in [3.63, 3.8) is 0 Å². The van der Waals surface area contributed by atoms with E-state index in [1.54, 1.807) is 12.1 Å². The Kier molecular flexibility index (Phi) is 3.73. The molecule has 0 aromatic heterocycles. The smallest absolute Gasteiger partial charge is 0.187 e. The standard InChI is InChI=1S/C19H19N3OS/c1-23-14-9-6-13(7-10-14)18-16-11-8-12-4-2-3-5-15(12)17(16)21-22(18)19(20)24/h2-7,9-10,16,18H,8,11H2,1H3,(H2,20,24)/t16-,18+/m0/s1. The number of thiocarbonyl (C=S) groups is 1. The van der Waals surface area contributed by atoms with Gasteiger partial charge in [0.05, 0.1) is 18.9 Å². The van der Waals surface area contributed by atoms with Crippen LogP contribution in [0.4, 0.5) is 0 Å². The van der Waals surface area contributed by atoms with E-state index in [2.05, 4.69) is 36.4 Å². The van der Waals surface area contributed by atoms with Gasteiger partial charge in [0.1, 0.15) is 5.75 Å². The molecule has 0 saturated carbocycles. The minimum Gasteiger partial charge on any atom is -0.497 e. The number of nitrogens with zero attached hydrogens (tertiary/aromatic N) is 2. The molecule has 2 aromatic rings. The Morgan fingerprint density at radius 3 is 2.67 bits per heavy atom. The van der Waals surface area contributed by atoms with E-state index >= 15 is 0 Å². The molecule has 24 heavy (non-hydrogen) atoms. The quantitative estimate of drug-likeness (QED) is 0.855. The maximum absolute atomic E-state index is 5.98. The molecule has 2 aromatic carbocycles. The van der Waals surface area contributed by atoms with Gasteiger partial charge in [-0.1, -0.05) is 36.4 Å². The molecule has 0 unspecified atom stereocenters. The molecule has 1 heterocycles. The van der Waals surface area contributed by atoms with Crippen molar-refractivity contribution in [3.05, 3.63) is 65.2 Å². The Balaban J connectivity index is 1.77. The van der Waals surface area contributed by atoms with Gasteiger partial charge in [0.25, 0.3) is 0 Å².